The second kappa shape index (κ2) is 5.71. The van der Waals surface area contributed by atoms with Crippen LogP contribution >= 0.6 is 0 Å². The molecule has 2 rings (SSSR count). The molecule has 2 aromatic rings. The Labute approximate surface area is 115 Å². The van der Waals surface area contributed by atoms with Gasteiger partial charge in [0.25, 0.3) is 0 Å². The highest BCUT2D eigenvalue weighted by atomic mass is 28.3. The van der Waals surface area contributed by atoms with Gasteiger partial charge in [-0.25, -0.2) is 4.68 Å². The maximum absolute atomic E-state index is 5.76. The summed E-state index contributed by atoms with van der Waals surface area (Å²) < 4.78 is 7.68. The predicted octanol–water partition coefficient (Wildman–Crippen LogP) is 3.99. The van der Waals surface area contributed by atoms with E-state index in [-0.39, 0.29) is 0 Å². The molecule has 0 unspecified atom stereocenters. The van der Waals surface area contributed by atoms with Crippen molar-refractivity contribution in [1.29, 1.82) is 0 Å². The molecule has 3 nitrogen and oxygen atoms in total. The van der Waals surface area contributed by atoms with E-state index in [2.05, 4.69) is 43.5 Å². The van der Waals surface area contributed by atoms with E-state index in [0.717, 1.165) is 23.1 Å². The maximum Gasteiger partial charge on any atom is 0.140 e. The molecule has 0 saturated heterocycles. The van der Waals surface area contributed by atoms with Gasteiger partial charge in [-0.3, -0.25) is 0 Å². The van der Waals surface area contributed by atoms with Crippen LogP contribution in [0.1, 0.15) is 5.56 Å². The summed E-state index contributed by atoms with van der Waals surface area (Å²) in [6, 6.07) is 7.32. The molecule has 0 saturated carbocycles. The van der Waals surface area contributed by atoms with E-state index in [4.69, 9.17) is 4.74 Å². The van der Waals surface area contributed by atoms with Crippen LogP contribution in [0.5, 0.6) is 0 Å². The smallest absolute Gasteiger partial charge is 0.140 e. The van der Waals surface area contributed by atoms with Crippen molar-refractivity contribution < 1.29 is 4.74 Å². The van der Waals surface area contributed by atoms with Crippen molar-refractivity contribution in [2.75, 3.05) is 6.61 Å². The second-order valence-corrected chi connectivity index (χ2v) is 11.6. The van der Waals surface area contributed by atoms with Gasteiger partial charge >= 0.3 is 0 Å². The van der Waals surface area contributed by atoms with E-state index in [1.165, 1.54) is 6.04 Å². The molecule has 0 N–H and O–H groups in total. The van der Waals surface area contributed by atoms with E-state index in [0.29, 0.717) is 6.73 Å². The molecule has 4 heteroatoms. The molecule has 0 aliphatic carbocycles. The van der Waals surface area contributed by atoms with E-state index >= 15 is 0 Å². The average molecular weight is 274 g/mol. The normalized spacial score (nSPS) is 11.9. The minimum Gasteiger partial charge on any atom is -0.360 e. The Morgan fingerprint density at radius 1 is 1.37 bits per heavy atom. The van der Waals surface area contributed by atoms with Gasteiger partial charge in [0.15, 0.2) is 0 Å². The van der Waals surface area contributed by atoms with Crippen molar-refractivity contribution in [2.45, 2.75) is 32.4 Å². The third-order valence-corrected chi connectivity index (χ3v) is 4.83. The first kappa shape index (κ1) is 14.0. The first-order valence-corrected chi connectivity index (χ1v) is 10.4. The lowest BCUT2D eigenvalue weighted by molar-refractivity contribution is 0.0817. The summed E-state index contributed by atoms with van der Waals surface area (Å²) in [5.41, 5.74) is 2.20. The Hall–Kier alpha value is -1.39. The van der Waals surface area contributed by atoms with Gasteiger partial charge in [0.1, 0.15) is 6.73 Å². The lowest BCUT2D eigenvalue weighted by Crippen LogP contribution is -2.22. The molecule has 0 spiro atoms. The Morgan fingerprint density at radius 3 is 2.84 bits per heavy atom. The summed E-state index contributed by atoms with van der Waals surface area (Å²) in [5.74, 6) is 0. The molecular weight excluding hydrogens is 252 g/mol. The first-order chi connectivity index (χ1) is 9.01. The number of nitrogens with zero attached hydrogens (tertiary/aromatic N) is 2. The van der Waals surface area contributed by atoms with Crippen molar-refractivity contribution in [2.24, 2.45) is 0 Å². The van der Waals surface area contributed by atoms with Crippen LogP contribution in [0.4, 0.5) is 0 Å². The monoisotopic (exact) mass is 274 g/mol. The van der Waals surface area contributed by atoms with Crippen molar-refractivity contribution in [1.82, 2.24) is 9.78 Å². The van der Waals surface area contributed by atoms with Crippen LogP contribution in [-0.4, -0.2) is 24.5 Å². The van der Waals surface area contributed by atoms with Gasteiger partial charge in [0.2, 0.25) is 0 Å². The molecule has 102 valence electrons. The molecule has 0 radical (unpaired) electrons. The summed E-state index contributed by atoms with van der Waals surface area (Å²) in [6.07, 6.45) is 3.74. The van der Waals surface area contributed by atoms with Gasteiger partial charge in [-0.15, -0.1) is 0 Å². The fourth-order valence-electron chi connectivity index (χ4n) is 1.96. The van der Waals surface area contributed by atoms with Crippen molar-refractivity contribution in [3.05, 3.63) is 36.5 Å². The molecule has 0 aliphatic rings. The fourth-order valence-corrected chi connectivity index (χ4v) is 2.72. The molecule has 0 amide bonds. The number of para-hydroxylation sites is 1. The Kier molecular flexibility index (Phi) is 4.22. The molecule has 1 heterocycles. The third kappa shape index (κ3) is 3.55. The van der Waals surface area contributed by atoms with Crippen molar-refractivity contribution >= 4 is 25.1 Å². The fraction of sp³-hybridized carbons (Fsp3) is 0.400. The zero-order valence-corrected chi connectivity index (χ0v) is 13.0. The van der Waals surface area contributed by atoms with Crippen LogP contribution in [0.25, 0.3) is 17.0 Å². The minimum atomic E-state index is -1.02. The molecule has 1 aromatic heterocycles. The summed E-state index contributed by atoms with van der Waals surface area (Å²) in [6.45, 7) is 12.2. The van der Waals surface area contributed by atoms with Crippen LogP contribution in [0.2, 0.25) is 25.7 Å². The number of rotatable bonds is 6. The number of ether oxygens (including phenoxy) is 1. The zero-order chi connectivity index (χ0) is 13.9. The number of fused-ring (bicyclic) bond motifs is 1. The number of hydrogen-bond donors (Lipinski definition) is 0. The number of aromatic nitrogens is 2. The SMILES string of the molecule is C=Cc1cccc2cnn(COCC[Si](C)(C)C)c12. The van der Waals surface area contributed by atoms with Gasteiger partial charge in [-0.1, -0.05) is 50.5 Å². The Bertz CT molecular complexity index is 569. The van der Waals surface area contributed by atoms with Gasteiger partial charge in [-0.2, -0.15) is 5.10 Å². The lowest BCUT2D eigenvalue weighted by atomic mass is 10.1. The van der Waals surface area contributed by atoms with Crippen LogP contribution in [-0.2, 0) is 11.5 Å². The topological polar surface area (TPSA) is 27.1 Å². The van der Waals surface area contributed by atoms with E-state index in [9.17, 15) is 0 Å². The molecule has 0 aliphatic heterocycles. The zero-order valence-electron chi connectivity index (χ0n) is 12.0. The highest BCUT2D eigenvalue weighted by Gasteiger charge is 2.12. The summed E-state index contributed by atoms with van der Waals surface area (Å²) in [4.78, 5) is 0. The lowest BCUT2D eigenvalue weighted by Gasteiger charge is -2.15. The van der Waals surface area contributed by atoms with E-state index in [1.807, 2.05) is 23.0 Å². The second-order valence-electron chi connectivity index (χ2n) is 5.98. The van der Waals surface area contributed by atoms with Gasteiger partial charge < -0.3 is 4.74 Å². The minimum absolute atomic E-state index is 0.513. The number of hydrogen-bond acceptors (Lipinski definition) is 2. The summed E-state index contributed by atoms with van der Waals surface area (Å²) in [7, 11) is -1.02. The first-order valence-electron chi connectivity index (χ1n) is 6.66. The summed E-state index contributed by atoms with van der Waals surface area (Å²) >= 11 is 0. The molecular formula is C15H22N2OSi. The van der Waals surface area contributed by atoms with E-state index < -0.39 is 8.07 Å². The predicted molar refractivity (Wildman–Crippen MR) is 83.9 cm³/mol. The molecule has 0 fully saturated rings. The molecule has 19 heavy (non-hydrogen) atoms. The average Bonchev–Trinajstić information content (AvgIpc) is 2.77. The quantitative estimate of drug-likeness (QED) is 0.588. The Morgan fingerprint density at radius 2 is 2.16 bits per heavy atom. The maximum atomic E-state index is 5.76. The van der Waals surface area contributed by atoms with Gasteiger partial charge in [0, 0.05) is 20.1 Å². The van der Waals surface area contributed by atoms with Crippen LogP contribution in [0.15, 0.2) is 31.0 Å². The standard InChI is InChI=1S/C15H22N2OSi/c1-5-13-7-6-8-14-11-16-17(15(13)14)12-18-9-10-19(2,3)4/h5-8,11H,1,9-10,12H2,2-4H3. The van der Waals surface area contributed by atoms with Gasteiger partial charge in [-0.05, 0) is 11.6 Å². The van der Waals surface area contributed by atoms with Crippen molar-refractivity contribution in [3.63, 3.8) is 0 Å². The highest BCUT2D eigenvalue weighted by Crippen LogP contribution is 2.19. The van der Waals surface area contributed by atoms with Crippen molar-refractivity contribution in [3.8, 4) is 0 Å². The molecule has 1 aromatic carbocycles. The van der Waals surface area contributed by atoms with Crippen LogP contribution in [0, 0.1) is 0 Å². The van der Waals surface area contributed by atoms with Gasteiger partial charge in [0.05, 0.1) is 11.7 Å². The highest BCUT2D eigenvalue weighted by molar-refractivity contribution is 6.76. The van der Waals surface area contributed by atoms with Crippen LogP contribution in [0.3, 0.4) is 0 Å². The third-order valence-electron chi connectivity index (χ3n) is 3.12. The number of benzene rings is 1. The molecule has 0 bridgehead atoms. The van der Waals surface area contributed by atoms with Crippen LogP contribution < -0.4 is 0 Å². The molecule has 0 atom stereocenters. The largest absolute Gasteiger partial charge is 0.360 e. The van der Waals surface area contributed by atoms with E-state index in [1.54, 1.807) is 0 Å². The Balaban J connectivity index is 2.07. The summed E-state index contributed by atoms with van der Waals surface area (Å²) in [5, 5.41) is 5.52.